The highest BCUT2D eigenvalue weighted by Crippen LogP contribution is 2.49. The van der Waals surface area contributed by atoms with Crippen LogP contribution in [0.4, 0.5) is 8.78 Å². The number of alkyl halides is 1. The molecule has 3 atom stereocenters. The number of β-amino-alcohol motifs (C(OH)–C–C–N with tert-alkyl or cyclic N) is 1. The molecule has 2 aliphatic heterocycles. The Morgan fingerprint density at radius 1 is 1.09 bits per heavy atom. The molecule has 0 radical (unpaired) electrons. The fourth-order valence-corrected chi connectivity index (χ4v) is 6.23. The van der Waals surface area contributed by atoms with Crippen LogP contribution >= 0.6 is 0 Å². The molecule has 2 amide bonds. The lowest BCUT2D eigenvalue weighted by atomic mass is 9.79. The van der Waals surface area contributed by atoms with Gasteiger partial charge in [0.15, 0.2) is 5.60 Å². The lowest BCUT2D eigenvalue weighted by Crippen LogP contribution is -2.67. The number of nitrogens with zero attached hydrogens (tertiary/aromatic N) is 4. The fourth-order valence-electron chi connectivity index (χ4n) is 6.23. The summed E-state index contributed by atoms with van der Waals surface area (Å²) < 4.78 is 42.2. The number of aliphatic hydroxyl groups is 1. The maximum absolute atomic E-state index is 16.3. The van der Waals surface area contributed by atoms with Gasteiger partial charge in [-0.2, -0.15) is 5.10 Å². The van der Waals surface area contributed by atoms with E-state index in [0.717, 1.165) is 30.6 Å². The van der Waals surface area contributed by atoms with E-state index in [0.29, 0.717) is 39.2 Å². The zero-order chi connectivity index (χ0) is 32.9. The quantitative estimate of drug-likeness (QED) is 0.280. The van der Waals surface area contributed by atoms with Crippen molar-refractivity contribution in [2.45, 2.75) is 75.4 Å². The minimum absolute atomic E-state index is 0.00272. The predicted octanol–water partition coefficient (Wildman–Crippen LogP) is 4.64. The summed E-state index contributed by atoms with van der Waals surface area (Å²) in [5.41, 5.74) is -1.23. The van der Waals surface area contributed by atoms with Crippen LogP contribution in [0.1, 0.15) is 66.8 Å². The van der Waals surface area contributed by atoms with E-state index in [4.69, 9.17) is 9.47 Å². The number of halogens is 2. The highest BCUT2D eigenvalue weighted by Gasteiger charge is 2.58. The highest BCUT2D eigenvalue weighted by atomic mass is 19.1. The number of carbonyl (C=O) groups excluding carboxylic acids is 2. The first kappa shape index (κ1) is 29.7. The normalized spacial score (nSPS) is 25.5. The van der Waals surface area contributed by atoms with Crippen molar-refractivity contribution in [1.82, 2.24) is 25.4 Å². The monoisotopic (exact) mass is 641 g/mol. The number of aromatic nitrogens is 3. The van der Waals surface area contributed by atoms with Crippen LogP contribution in [0.15, 0.2) is 48.5 Å². The Kier molecular flexibility index (Phi) is 6.40. The van der Waals surface area contributed by atoms with Crippen molar-refractivity contribution >= 4 is 22.7 Å². The first-order chi connectivity index (χ1) is 22.4. The van der Waals surface area contributed by atoms with Gasteiger partial charge in [-0.3, -0.25) is 9.59 Å². The Hall–Kier alpha value is -4.71. The smallest absolute Gasteiger partial charge is 0.256 e. The molecule has 0 bridgehead atoms. The maximum Gasteiger partial charge on any atom is 0.256 e. The van der Waals surface area contributed by atoms with Crippen molar-refractivity contribution in [3.8, 4) is 22.8 Å². The number of nitrogens with one attached hydrogen (secondary N) is 1. The molecule has 4 aliphatic rings. The molecule has 2 aromatic carbocycles. The minimum atomic E-state index is -2.19. The second-order valence-corrected chi connectivity index (χ2v) is 13.8. The molecule has 2 aromatic heterocycles. The van der Waals surface area contributed by atoms with Crippen LogP contribution in [-0.4, -0.2) is 68.1 Å². The summed E-state index contributed by atoms with van der Waals surface area (Å²) in [6.45, 7) is 5.09. The number of amides is 2. The Morgan fingerprint density at radius 3 is 2.51 bits per heavy atom. The number of aryl methyl sites for hydroxylation is 1. The van der Waals surface area contributed by atoms with Crippen molar-refractivity contribution in [3.63, 3.8) is 0 Å². The third-order valence-electron chi connectivity index (χ3n) is 9.73. The lowest BCUT2D eigenvalue weighted by molar-refractivity contribution is -0.193. The standard InChI is InChI=1S/C35H33F2N5O5/c1-18-12-20-13-21(14-25(27(20)41-40-18)47-23-8-9-23)30(43)42-16-35(45,31(42)37)26-15-24-29(28(38-26)19-4-6-22(36)7-5-19)46-17-34(24,3)32(44)39-33(2)10-11-33/h4-7,12-15,23,31,45H,8-11,16-17H2,1-3H3,(H,39,44)/t31?,34-,35-/m0/s1. The summed E-state index contributed by atoms with van der Waals surface area (Å²) in [7, 11) is 0. The molecule has 0 spiro atoms. The topological polar surface area (TPSA) is 127 Å². The molecule has 2 aliphatic carbocycles. The van der Waals surface area contributed by atoms with Crippen molar-refractivity contribution < 1.29 is 33.0 Å². The van der Waals surface area contributed by atoms with Crippen molar-refractivity contribution in [3.05, 3.63) is 76.9 Å². The minimum Gasteiger partial charge on any atom is -0.489 e. The zero-order valence-corrected chi connectivity index (χ0v) is 26.1. The number of hydrogen-bond donors (Lipinski definition) is 2. The molecule has 242 valence electrons. The fraction of sp³-hybridized carbons (Fsp3) is 0.400. The zero-order valence-electron chi connectivity index (χ0n) is 26.1. The van der Waals surface area contributed by atoms with Gasteiger partial charge in [-0.15, -0.1) is 5.10 Å². The number of likely N-dealkylation sites (tertiary alicyclic amines) is 1. The average molecular weight is 642 g/mol. The largest absolute Gasteiger partial charge is 0.489 e. The van der Waals surface area contributed by atoms with Crippen LogP contribution in [0.5, 0.6) is 11.5 Å². The number of rotatable bonds is 7. The highest BCUT2D eigenvalue weighted by molar-refractivity contribution is 6.00. The van der Waals surface area contributed by atoms with Gasteiger partial charge in [0.05, 0.1) is 24.0 Å². The first-order valence-electron chi connectivity index (χ1n) is 15.8. The summed E-state index contributed by atoms with van der Waals surface area (Å²) in [6.07, 6.45) is 1.37. The van der Waals surface area contributed by atoms with Gasteiger partial charge in [-0.1, -0.05) is 0 Å². The molecular formula is C35H33F2N5O5. The molecule has 8 rings (SSSR count). The van der Waals surface area contributed by atoms with Gasteiger partial charge < -0.3 is 24.8 Å². The van der Waals surface area contributed by atoms with Gasteiger partial charge >= 0.3 is 0 Å². The number of pyridine rings is 1. The van der Waals surface area contributed by atoms with Crippen molar-refractivity contribution in [2.24, 2.45) is 0 Å². The van der Waals surface area contributed by atoms with Gasteiger partial charge in [0.2, 0.25) is 12.2 Å². The third kappa shape index (κ3) is 4.88. The Bertz CT molecular complexity index is 1980. The van der Waals surface area contributed by atoms with Crippen molar-refractivity contribution in [1.29, 1.82) is 0 Å². The Morgan fingerprint density at radius 2 is 1.83 bits per heavy atom. The van der Waals surface area contributed by atoms with Crippen LogP contribution in [-0.2, 0) is 15.8 Å². The second kappa shape index (κ2) is 10.1. The van der Waals surface area contributed by atoms with E-state index in [2.05, 4.69) is 20.5 Å². The van der Waals surface area contributed by atoms with Crippen LogP contribution in [0.3, 0.4) is 0 Å². The van der Waals surface area contributed by atoms with E-state index in [1.54, 1.807) is 32.0 Å². The van der Waals surface area contributed by atoms with Gasteiger partial charge in [-0.25, -0.2) is 13.8 Å². The average Bonchev–Trinajstić information content (AvgIpc) is 3.98. The molecule has 3 fully saturated rings. The Labute approximate surface area is 269 Å². The number of carbonyl (C=O) groups is 2. The molecule has 1 unspecified atom stereocenters. The van der Waals surface area contributed by atoms with Gasteiger partial charge in [0.25, 0.3) is 5.91 Å². The predicted molar refractivity (Wildman–Crippen MR) is 166 cm³/mol. The molecule has 1 saturated heterocycles. The van der Waals surface area contributed by atoms with Crippen LogP contribution in [0.25, 0.3) is 22.2 Å². The SMILES string of the molecule is Cc1cc2cc(C(=O)N3C[C@](O)(c4cc5c(c(-c6ccc(F)cc6)n4)OC[C@]5(C)C(=O)NC4(C)CC4)C3F)cc(OC3CC3)c2nn1. The van der Waals surface area contributed by atoms with Crippen molar-refractivity contribution in [2.75, 3.05) is 13.2 Å². The summed E-state index contributed by atoms with van der Waals surface area (Å²) >= 11 is 0. The molecular weight excluding hydrogens is 608 g/mol. The molecule has 47 heavy (non-hydrogen) atoms. The maximum atomic E-state index is 16.3. The Balaban J connectivity index is 1.15. The van der Waals surface area contributed by atoms with Gasteiger partial charge in [0.1, 0.15) is 40.5 Å². The number of hydrogen-bond acceptors (Lipinski definition) is 8. The molecule has 2 saturated carbocycles. The molecule has 10 nitrogen and oxygen atoms in total. The number of ether oxygens (including phenoxy) is 2. The third-order valence-corrected chi connectivity index (χ3v) is 9.73. The van der Waals surface area contributed by atoms with E-state index in [1.807, 2.05) is 6.92 Å². The van der Waals surface area contributed by atoms with E-state index in [9.17, 15) is 19.1 Å². The summed E-state index contributed by atoms with van der Waals surface area (Å²) in [4.78, 5) is 32.9. The molecule has 2 N–H and O–H groups in total. The van der Waals surface area contributed by atoms with E-state index in [-0.39, 0.29) is 41.1 Å². The lowest BCUT2D eigenvalue weighted by Gasteiger charge is -2.49. The van der Waals surface area contributed by atoms with E-state index >= 15 is 4.39 Å². The first-order valence-corrected chi connectivity index (χ1v) is 15.8. The van der Waals surface area contributed by atoms with Crippen LogP contribution < -0.4 is 14.8 Å². The van der Waals surface area contributed by atoms with E-state index < -0.39 is 35.6 Å². The number of benzene rings is 2. The summed E-state index contributed by atoms with van der Waals surface area (Å²) in [5, 5.41) is 23.9. The molecule has 4 aromatic rings. The van der Waals surface area contributed by atoms with Crippen LogP contribution in [0.2, 0.25) is 0 Å². The summed E-state index contributed by atoms with van der Waals surface area (Å²) in [6, 6.07) is 12.0. The number of fused-ring (bicyclic) bond motifs is 2. The van der Waals surface area contributed by atoms with E-state index in [1.165, 1.54) is 30.3 Å². The second-order valence-electron chi connectivity index (χ2n) is 13.8. The summed E-state index contributed by atoms with van der Waals surface area (Å²) in [5.74, 6) is -0.643. The van der Waals surface area contributed by atoms with Gasteiger partial charge in [0, 0.05) is 27.6 Å². The molecule has 4 heterocycles. The van der Waals surface area contributed by atoms with Crippen LogP contribution in [0, 0.1) is 12.7 Å². The molecule has 12 heteroatoms. The van der Waals surface area contributed by atoms with Gasteiger partial charge in [-0.05, 0) is 95.0 Å².